The summed E-state index contributed by atoms with van der Waals surface area (Å²) in [5, 5.41) is 3.71. The molecule has 1 N–H and O–H groups in total. The van der Waals surface area contributed by atoms with Crippen molar-refractivity contribution in [2.75, 3.05) is 0 Å². The fourth-order valence-corrected chi connectivity index (χ4v) is 2.45. The second-order valence-corrected chi connectivity index (χ2v) is 4.67. The molecule has 5 unspecified atom stereocenters. The van der Waals surface area contributed by atoms with Gasteiger partial charge in [0.2, 0.25) is 0 Å². The van der Waals surface area contributed by atoms with Crippen molar-refractivity contribution in [2.24, 2.45) is 5.92 Å². The lowest BCUT2D eigenvalue weighted by molar-refractivity contribution is 0.0603. The van der Waals surface area contributed by atoms with Crippen LogP contribution in [0, 0.1) is 5.92 Å². The first-order valence-electron chi connectivity index (χ1n) is 5.62. The zero-order valence-corrected chi connectivity index (χ0v) is 8.92. The van der Waals surface area contributed by atoms with Gasteiger partial charge in [0.1, 0.15) is 0 Å². The second-order valence-electron chi connectivity index (χ2n) is 4.67. The molecule has 2 nitrogen and oxygen atoms in total. The molecular weight excluding hydrogens is 162 g/mol. The van der Waals surface area contributed by atoms with E-state index < -0.39 is 0 Å². The molecule has 76 valence electrons. The molecule has 1 aliphatic heterocycles. The van der Waals surface area contributed by atoms with E-state index in [-0.39, 0.29) is 0 Å². The van der Waals surface area contributed by atoms with Gasteiger partial charge in [0.05, 0.1) is 12.2 Å². The van der Waals surface area contributed by atoms with Gasteiger partial charge < -0.3 is 10.1 Å². The standard InChI is InChI=1S/C11H21NO/c1-4-9-6-11(9)12-10-5-7(2)13-8(10)3/h7-12H,4-6H2,1-3H3. The highest BCUT2D eigenvalue weighted by Gasteiger charge is 2.39. The van der Waals surface area contributed by atoms with Crippen LogP contribution in [0.15, 0.2) is 0 Å². The van der Waals surface area contributed by atoms with Gasteiger partial charge in [0.25, 0.3) is 0 Å². The Morgan fingerprint density at radius 2 is 2.00 bits per heavy atom. The van der Waals surface area contributed by atoms with Gasteiger partial charge in [-0.25, -0.2) is 0 Å². The van der Waals surface area contributed by atoms with Crippen molar-refractivity contribution in [1.82, 2.24) is 5.32 Å². The summed E-state index contributed by atoms with van der Waals surface area (Å²) in [6.45, 7) is 6.64. The van der Waals surface area contributed by atoms with Gasteiger partial charge in [0, 0.05) is 12.1 Å². The molecule has 2 aliphatic rings. The summed E-state index contributed by atoms with van der Waals surface area (Å²) in [5.41, 5.74) is 0. The van der Waals surface area contributed by atoms with Crippen LogP contribution < -0.4 is 5.32 Å². The molecule has 1 saturated heterocycles. The van der Waals surface area contributed by atoms with Crippen LogP contribution >= 0.6 is 0 Å². The monoisotopic (exact) mass is 183 g/mol. The topological polar surface area (TPSA) is 21.3 Å². The summed E-state index contributed by atoms with van der Waals surface area (Å²) < 4.78 is 5.71. The van der Waals surface area contributed by atoms with Crippen LogP contribution in [0.1, 0.15) is 40.0 Å². The molecule has 0 spiro atoms. The SMILES string of the molecule is CCC1CC1NC1CC(C)OC1C. The first kappa shape index (κ1) is 9.47. The van der Waals surface area contributed by atoms with Gasteiger partial charge in [0.15, 0.2) is 0 Å². The summed E-state index contributed by atoms with van der Waals surface area (Å²) in [6.07, 6.45) is 4.76. The van der Waals surface area contributed by atoms with Crippen LogP contribution in [0.3, 0.4) is 0 Å². The van der Waals surface area contributed by atoms with E-state index in [9.17, 15) is 0 Å². The van der Waals surface area contributed by atoms with Crippen LogP contribution in [-0.4, -0.2) is 24.3 Å². The summed E-state index contributed by atoms with van der Waals surface area (Å²) in [4.78, 5) is 0. The highest BCUT2D eigenvalue weighted by molar-refractivity contribution is 4.96. The summed E-state index contributed by atoms with van der Waals surface area (Å²) in [7, 11) is 0. The van der Waals surface area contributed by atoms with Gasteiger partial charge in [-0.3, -0.25) is 0 Å². The molecule has 1 aliphatic carbocycles. The molecule has 0 aromatic rings. The Morgan fingerprint density at radius 3 is 2.46 bits per heavy atom. The molecule has 0 aromatic carbocycles. The van der Waals surface area contributed by atoms with Crippen molar-refractivity contribution in [3.63, 3.8) is 0 Å². The fourth-order valence-electron chi connectivity index (χ4n) is 2.45. The van der Waals surface area contributed by atoms with Crippen LogP contribution in [0.2, 0.25) is 0 Å². The van der Waals surface area contributed by atoms with Gasteiger partial charge >= 0.3 is 0 Å². The van der Waals surface area contributed by atoms with Gasteiger partial charge in [-0.15, -0.1) is 0 Å². The molecule has 1 saturated carbocycles. The van der Waals surface area contributed by atoms with Crippen molar-refractivity contribution < 1.29 is 4.74 Å². The summed E-state index contributed by atoms with van der Waals surface area (Å²) in [5.74, 6) is 0.947. The first-order valence-corrected chi connectivity index (χ1v) is 5.62. The maximum atomic E-state index is 5.71. The Labute approximate surface area is 81.0 Å². The molecule has 1 heterocycles. The van der Waals surface area contributed by atoms with E-state index in [0.29, 0.717) is 18.2 Å². The van der Waals surface area contributed by atoms with E-state index in [4.69, 9.17) is 4.74 Å². The molecule has 5 atom stereocenters. The predicted octanol–water partition coefficient (Wildman–Crippen LogP) is 1.94. The molecule has 0 radical (unpaired) electrons. The highest BCUT2D eigenvalue weighted by Crippen LogP contribution is 2.35. The van der Waals surface area contributed by atoms with Crippen LogP contribution in [0.5, 0.6) is 0 Å². The molecule has 2 heteroatoms. The van der Waals surface area contributed by atoms with Crippen molar-refractivity contribution in [3.8, 4) is 0 Å². The number of rotatable bonds is 3. The zero-order chi connectivity index (χ0) is 9.42. The molecule has 13 heavy (non-hydrogen) atoms. The molecule has 2 rings (SSSR count). The van der Waals surface area contributed by atoms with E-state index in [1.807, 2.05) is 0 Å². The minimum Gasteiger partial charge on any atom is -0.374 e. The van der Waals surface area contributed by atoms with Crippen LogP contribution in [0.25, 0.3) is 0 Å². The van der Waals surface area contributed by atoms with Gasteiger partial charge in [-0.05, 0) is 32.6 Å². The van der Waals surface area contributed by atoms with Crippen LogP contribution in [0.4, 0.5) is 0 Å². The number of hydrogen-bond donors (Lipinski definition) is 1. The van der Waals surface area contributed by atoms with Crippen molar-refractivity contribution in [1.29, 1.82) is 0 Å². The average Bonchev–Trinajstić information content (AvgIpc) is 2.74. The average molecular weight is 183 g/mol. The van der Waals surface area contributed by atoms with E-state index in [1.54, 1.807) is 0 Å². The lowest BCUT2D eigenvalue weighted by atomic mass is 10.1. The Hall–Kier alpha value is -0.0800. The Bertz CT molecular complexity index is 183. The molecule has 0 amide bonds. The number of hydrogen-bond acceptors (Lipinski definition) is 2. The molecule has 0 aromatic heterocycles. The minimum absolute atomic E-state index is 0.410. The highest BCUT2D eigenvalue weighted by atomic mass is 16.5. The normalized spacial score (nSPS) is 49.6. The number of nitrogens with one attached hydrogen (secondary N) is 1. The van der Waals surface area contributed by atoms with Crippen molar-refractivity contribution in [3.05, 3.63) is 0 Å². The number of ether oxygens (including phenoxy) is 1. The Morgan fingerprint density at radius 1 is 1.23 bits per heavy atom. The third-order valence-corrected chi connectivity index (χ3v) is 3.47. The predicted molar refractivity (Wildman–Crippen MR) is 53.7 cm³/mol. The second kappa shape index (κ2) is 3.58. The maximum Gasteiger partial charge on any atom is 0.0704 e. The first-order chi connectivity index (χ1) is 6.20. The molecular formula is C11H21NO. The van der Waals surface area contributed by atoms with E-state index in [2.05, 4.69) is 26.1 Å². The Kier molecular flexibility index (Phi) is 2.61. The maximum absolute atomic E-state index is 5.71. The molecule has 0 bridgehead atoms. The Balaban J connectivity index is 1.76. The van der Waals surface area contributed by atoms with Gasteiger partial charge in [-0.2, -0.15) is 0 Å². The van der Waals surface area contributed by atoms with Crippen molar-refractivity contribution >= 4 is 0 Å². The summed E-state index contributed by atoms with van der Waals surface area (Å²) in [6, 6.07) is 1.41. The quantitative estimate of drug-likeness (QED) is 0.722. The summed E-state index contributed by atoms with van der Waals surface area (Å²) >= 11 is 0. The third-order valence-electron chi connectivity index (χ3n) is 3.47. The van der Waals surface area contributed by atoms with E-state index >= 15 is 0 Å². The smallest absolute Gasteiger partial charge is 0.0704 e. The molecule has 2 fully saturated rings. The lowest BCUT2D eigenvalue weighted by Crippen LogP contribution is -2.36. The van der Waals surface area contributed by atoms with Gasteiger partial charge in [-0.1, -0.05) is 13.3 Å². The third kappa shape index (κ3) is 2.05. The van der Waals surface area contributed by atoms with E-state index in [1.165, 1.54) is 19.3 Å². The zero-order valence-electron chi connectivity index (χ0n) is 8.92. The van der Waals surface area contributed by atoms with E-state index in [0.717, 1.165) is 12.0 Å². The minimum atomic E-state index is 0.410. The van der Waals surface area contributed by atoms with Crippen molar-refractivity contribution in [2.45, 2.75) is 64.3 Å². The van der Waals surface area contributed by atoms with Crippen LogP contribution in [-0.2, 0) is 4.74 Å². The lowest BCUT2D eigenvalue weighted by Gasteiger charge is -2.15. The largest absolute Gasteiger partial charge is 0.374 e. The fraction of sp³-hybridized carbons (Fsp3) is 1.00.